The molecule has 0 heterocycles. The van der Waals surface area contributed by atoms with Crippen molar-refractivity contribution in [2.75, 3.05) is 13.6 Å². The first-order valence-corrected chi connectivity index (χ1v) is 6.78. The number of hydrogen-bond acceptors (Lipinski definition) is 2. The third-order valence-corrected chi connectivity index (χ3v) is 4.09. The normalized spacial score (nSPS) is 33.0. The third kappa shape index (κ3) is 2.94. The Morgan fingerprint density at radius 1 is 1.07 bits per heavy atom. The maximum atomic E-state index is 3.70. The van der Waals surface area contributed by atoms with Crippen LogP contribution in [0.4, 0.5) is 0 Å². The standard InChI is InChI=1S/C13H26N2/c1-3-14-12-7-5-4-6-8-13(12)15(2)11-9-10-11/h11-14H,3-10H2,1-2H3. The lowest BCUT2D eigenvalue weighted by atomic mass is 10.0. The van der Waals surface area contributed by atoms with Crippen LogP contribution in [0.15, 0.2) is 0 Å². The van der Waals surface area contributed by atoms with E-state index in [-0.39, 0.29) is 0 Å². The second-order valence-corrected chi connectivity index (χ2v) is 5.27. The van der Waals surface area contributed by atoms with Crippen molar-refractivity contribution in [2.24, 2.45) is 0 Å². The van der Waals surface area contributed by atoms with E-state index in [1.165, 1.54) is 44.9 Å². The molecule has 0 aliphatic heterocycles. The van der Waals surface area contributed by atoms with Gasteiger partial charge in [0.1, 0.15) is 0 Å². The zero-order valence-corrected chi connectivity index (χ0v) is 10.3. The van der Waals surface area contributed by atoms with Gasteiger partial charge in [-0.2, -0.15) is 0 Å². The van der Waals surface area contributed by atoms with Gasteiger partial charge in [0.25, 0.3) is 0 Å². The number of nitrogens with one attached hydrogen (secondary N) is 1. The SMILES string of the molecule is CCNC1CCCCCC1N(C)C1CC1. The van der Waals surface area contributed by atoms with Crippen LogP contribution in [-0.4, -0.2) is 36.6 Å². The Hall–Kier alpha value is -0.0800. The zero-order chi connectivity index (χ0) is 10.7. The maximum absolute atomic E-state index is 3.70. The summed E-state index contributed by atoms with van der Waals surface area (Å²) in [5.74, 6) is 0. The monoisotopic (exact) mass is 210 g/mol. The minimum absolute atomic E-state index is 0.753. The molecule has 15 heavy (non-hydrogen) atoms. The van der Waals surface area contributed by atoms with Crippen molar-refractivity contribution < 1.29 is 0 Å². The van der Waals surface area contributed by atoms with Gasteiger partial charge in [0.2, 0.25) is 0 Å². The van der Waals surface area contributed by atoms with Crippen LogP contribution in [0.5, 0.6) is 0 Å². The van der Waals surface area contributed by atoms with Gasteiger partial charge >= 0.3 is 0 Å². The average Bonchev–Trinajstić information content (AvgIpc) is 3.05. The van der Waals surface area contributed by atoms with E-state index in [0.717, 1.165) is 24.7 Å². The first kappa shape index (κ1) is 11.4. The van der Waals surface area contributed by atoms with Crippen molar-refractivity contribution in [1.29, 1.82) is 0 Å². The molecule has 0 spiro atoms. The van der Waals surface area contributed by atoms with Crippen LogP contribution in [0.1, 0.15) is 51.9 Å². The molecule has 2 atom stereocenters. The van der Waals surface area contributed by atoms with Crippen molar-refractivity contribution in [3.8, 4) is 0 Å². The summed E-state index contributed by atoms with van der Waals surface area (Å²) in [5.41, 5.74) is 0. The van der Waals surface area contributed by atoms with Gasteiger partial charge in [0.15, 0.2) is 0 Å². The van der Waals surface area contributed by atoms with E-state index in [4.69, 9.17) is 0 Å². The fraction of sp³-hybridized carbons (Fsp3) is 1.00. The summed E-state index contributed by atoms with van der Waals surface area (Å²) < 4.78 is 0. The Labute approximate surface area is 94.4 Å². The first-order chi connectivity index (χ1) is 7.33. The van der Waals surface area contributed by atoms with Crippen molar-refractivity contribution >= 4 is 0 Å². The minimum Gasteiger partial charge on any atom is -0.313 e. The molecular weight excluding hydrogens is 184 g/mol. The molecule has 0 bridgehead atoms. The molecule has 2 aliphatic carbocycles. The highest BCUT2D eigenvalue weighted by Crippen LogP contribution is 2.31. The molecule has 2 nitrogen and oxygen atoms in total. The zero-order valence-electron chi connectivity index (χ0n) is 10.3. The summed E-state index contributed by atoms with van der Waals surface area (Å²) in [5, 5.41) is 3.70. The van der Waals surface area contributed by atoms with Gasteiger partial charge in [0, 0.05) is 18.1 Å². The van der Waals surface area contributed by atoms with Gasteiger partial charge in [0.05, 0.1) is 0 Å². The molecule has 0 aromatic carbocycles. The lowest BCUT2D eigenvalue weighted by molar-refractivity contribution is 0.175. The second kappa shape index (κ2) is 5.31. The van der Waals surface area contributed by atoms with E-state index in [0.29, 0.717) is 0 Å². The average molecular weight is 210 g/mol. The molecule has 2 rings (SSSR count). The van der Waals surface area contributed by atoms with Crippen LogP contribution in [-0.2, 0) is 0 Å². The van der Waals surface area contributed by atoms with Gasteiger partial charge in [-0.25, -0.2) is 0 Å². The van der Waals surface area contributed by atoms with Crippen LogP contribution < -0.4 is 5.32 Å². The fourth-order valence-corrected chi connectivity index (χ4v) is 3.03. The molecule has 88 valence electrons. The second-order valence-electron chi connectivity index (χ2n) is 5.27. The highest BCUT2D eigenvalue weighted by Gasteiger charge is 2.34. The smallest absolute Gasteiger partial charge is 0.0249 e. The number of hydrogen-bond donors (Lipinski definition) is 1. The molecule has 2 aliphatic rings. The molecule has 2 saturated carbocycles. The van der Waals surface area contributed by atoms with E-state index < -0.39 is 0 Å². The van der Waals surface area contributed by atoms with Crippen LogP contribution in [0.25, 0.3) is 0 Å². The molecule has 1 N–H and O–H groups in total. The van der Waals surface area contributed by atoms with Crippen LogP contribution in [0, 0.1) is 0 Å². The molecule has 0 saturated heterocycles. The summed E-state index contributed by atoms with van der Waals surface area (Å²) in [6.07, 6.45) is 9.96. The Bertz CT molecular complexity index is 189. The number of rotatable bonds is 4. The summed E-state index contributed by atoms with van der Waals surface area (Å²) in [6.45, 7) is 3.36. The van der Waals surface area contributed by atoms with E-state index in [9.17, 15) is 0 Å². The molecule has 2 fully saturated rings. The maximum Gasteiger partial charge on any atom is 0.0249 e. The molecule has 0 aromatic heterocycles. The summed E-state index contributed by atoms with van der Waals surface area (Å²) in [7, 11) is 2.35. The van der Waals surface area contributed by atoms with E-state index in [1.54, 1.807) is 0 Å². The van der Waals surface area contributed by atoms with E-state index >= 15 is 0 Å². The highest BCUT2D eigenvalue weighted by molar-refractivity contribution is 4.92. The molecule has 0 aromatic rings. The largest absolute Gasteiger partial charge is 0.313 e. The van der Waals surface area contributed by atoms with Gasteiger partial charge in [-0.1, -0.05) is 26.2 Å². The van der Waals surface area contributed by atoms with Gasteiger partial charge in [-0.3, -0.25) is 4.90 Å². The van der Waals surface area contributed by atoms with Crippen molar-refractivity contribution in [2.45, 2.75) is 70.0 Å². The molecular formula is C13H26N2. The summed E-state index contributed by atoms with van der Waals surface area (Å²) in [4.78, 5) is 2.67. The Morgan fingerprint density at radius 3 is 2.47 bits per heavy atom. The quantitative estimate of drug-likeness (QED) is 0.717. The van der Waals surface area contributed by atoms with E-state index in [2.05, 4.69) is 24.2 Å². The Kier molecular flexibility index (Phi) is 4.04. The lowest BCUT2D eigenvalue weighted by Crippen LogP contribution is -2.48. The van der Waals surface area contributed by atoms with Gasteiger partial charge < -0.3 is 5.32 Å². The minimum atomic E-state index is 0.753. The molecule has 2 heteroatoms. The van der Waals surface area contributed by atoms with Crippen LogP contribution in [0.2, 0.25) is 0 Å². The Morgan fingerprint density at radius 2 is 1.80 bits per heavy atom. The predicted octanol–water partition coefficient (Wildman–Crippen LogP) is 2.39. The van der Waals surface area contributed by atoms with Gasteiger partial charge in [-0.15, -0.1) is 0 Å². The lowest BCUT2D eigenvalue weighted by Gasteiger charge is -2.34. The molecule has 0 radical (unpaired) electrons. The highest BCUT2D eigenvalue weighted by atomic mass is 15.2. The molecule has 2 unspecified atom stereocenters. The van der Waals surface area contributed by atoms with Crippen molar-refractivity contribution in [1.82, 2.24) is 10.2 Å². The fourth-order valence-electron chi connectivity index (χ4n) is 3.03. The van der Waals surface area contributed by atoms with E-state index in [1.807, 2.05) is 0 Å². The van der Waals surface area contributed by atoms with Crippen molar-refractivity contribution in [3.05, 3.63) is 0 Å². The molecule has 0 amide bonds. The van der Waals surface area contributed by atoms with Crippen LogP contribution in [0.3, 0.4) is 0 Å². The Balaban J connectivity index is 1.94. The van der Waals surface area contributed by atoms with Crippen molar-refractivity contribution in [3.63, 3.8) is 0 Å². The number of nitrogens with zero attached hydrogens (tertiary/aromatic N) is 1. The predicted molar refractivity (Wildman–Crippen MR) is 65.1 cm³/mol. The third-order valence-electron chi connectivity index (χ3n) is 4.09. The van der Waals surface area contributed by atoms with Crippen LogP contribution >= 0.6 is 0 Å². The first-order valence-electron chi connectivity index (χ1n) is 6.78. The summed E-state index contributed by atoms with van der Waals surface area (Å²) >= 11 is 0. The summed E-state index contributed by atoms with van der Waals surface area (Å²) in [6, 6.07) is 2.47. The number of likely N-dealkylation sites (N-methyl/N-ethyl adjacent to an activating group) is 2. The topological polar surface area (TPSA) is 15.3 Å². The van der Waals surface area contributed by atoms with Gasteiger partial charge in [-0.05, 0) is 39.3 Å².